The van der Waals surface area contributed by atoms with E-state index in [-0.39, 0.29) is 12.5 Å². The SMILES string of the molecule is O=C(COc1ccc(Cl)cc1)Nc1ccc(CCc2nc3ccccc3[nH]2)cc1. The van der Waals surface area contributed by atoms with E-state index in [0.717, 1.165) is 35.4 Å². The van der Waals surface area contributed by atoms with E-state index in [1.54, 1.807) is 24.3 Å². The quantitative estimate of drug-likeness (QED) is 0.453. The number of carbonyl (C=O) groups is 1. The van der Waals surface area contributed by atoms with Crippen molar-refractivity contribution in [3.8, 4) is 5.75 Å². The number of aromatic nitrogens is 2. The van der Waals surface area contributed by atoms with Crippen LogP contribution in [0.3, 0.4) is 0 Å². The maximum Gasteiger partial charge on any atom is 0.262 e. The number of fused-ring (bicyclic) bond motifs is 1. The number of ether oxygens (including phenoxy) is 1. The molecule has 0 fully saturated rings. The third-order valence-corrected chi connectivity index (χ3v) is 4.76. The molecule has 146 valence electrons. The normalized spacial score (nSPS) is 10.8. The lowest BCUT2D eigenvalue weighted by atomic mass is 10.1. The summed E-state index contributed by atoms with van der Waals surface area (Å²) in [6, 6.07) is 22.7. The van der Waals surface area contributed by atoms with Crippen LogP contribution in [0.5, 0.6) is 5.75 Å². The molecule has 0 saturated carbocycles. The van der Waals surface area contributed by atoms with Gasteiger partial charge in [0.15, 0.2) is 6.61 Å². The maximum atomic E-state index is 12.1. The number of anilines is 1. The third-order valence-electron chi connectivity index (χ3n) is 4.51. The van der Waals surface area contributed by atoms with Gasteiger partial charge in [-0.05, 0) is 60.5 Å². The third kappa shape index (κ3) is 5.15. The summed E-state index contributed by atoms with van der Waals surface area (Å²) in [6.07, 6.45) is 1.70. The second-order valence-electron chi connectivity index (χ2n) is 6.69. The highest BCUT2D eigenvalue weighted by molar-refractivity contribution is 6.30. The summed E-state index contributed by atoms with van der Waals surface area (Å²) >= 11 is 5.83. The van der Waals surface area contributed by atoms with Gasteiger partial charge in [0.05, 0.1) is 11.0 Å². The monoisotopic (exact) mass is 405 g/mol. The predicted octanol–water partition coefficient (Wildman–Crippen LogP) is 5.02. The van der Waals surface area contributed by atoms with Crippen LogP contribution in [0.2, 0.25) is 5.02 Å². The molecule has 0 aliphatic rings. The fourth-order valence-electron chi connectivity index (χ4n) is 3.02. The number of aryl methyl sites for hydroxylation is 2. The van der Waals surface area contributed by atoms with E-state index < -0.39 is 0 Å². The highest BCUT2D eigenvalue weighted by Gasteiger charge is 2.06. The topological polar surface area (TPSA) is 67.0 Å². The summed E-state index contributed by atoms with van der Waals surface area (Å²) in [5.41, 5.74) is 3.96. The number of benzene rings is 3. The molecular formula is C23H20ClN3O2. The molecule has 0 aliphatic heterocycles. The molecule has 5 nitrogen and oxygen atoms in total. The van der Waals surface area contributed by atoms with E-state index in [0.29, 0.717) is 10.8 Å². The molecule has 0 atom stereocenters. The van der Waals surface area contributed by atoms with Gasteiger partial charge in [0.2, 0.25) is 0 Å². The number of hydrogen-bond acceptors (Lipinski definition) is 3. The van der Waals surface area contributed by atoms with Crippen LogP contribution in [0.15, 0.2) is 72.8 Å². The number of rotatable bonds is 7. The smallest absolute Gasteiger partial charge is 0.262 e. The molecular weight excluding hydrogens is 386 g/mol. The zero-order valence-electron chi connectivity index (χ0n) is 15.7. The van der Waals surface area contributed by atoms with Crippen molar-refractivity contribution in [2.45, 2.75) is 12.8 Å². The highest BCUT2D eigenvalue weighted by Crippen LogP contribution is 2.16. The predicted molar refractivity (Wildman–Crippen MR) is 116 cm³/mol. The molecule has 4 rings (SSSR count). The Morgan fingerprint density at radius 1 is 0.966 bits per heavy atom. The molecule has 1 heterocycles. The molecule has 2 N–H and O–H groups in total. The lowest BCUT2D eigenvalue weighted by molar-refractivity contribution is -0.118. The van der Waals surface area contributed by atoms with Crippen molar-refractivity contribution in [3.05, 3.63) is 89.2 Å². The van der Waals surface area contributed by atoms with Crippen LogP contribution in [0.25, 0.3) is 11.0 Å². The molecule has 29 heavy (non-hydrogen) atoms. The molecule has 6 heteroatoms. The summed E-state index contributed by atoms with van der Waals surface area (Å²) in [4.78, 5) is 20.0. The molecule has 4 aromatic rings. The van der Waals surface area contributed by atoms with Crippen LogP contribution < -0.4 is 10.1 Å². The molecule has 0 radical (unpaired) electrons. The molecule has 0 saturated heterocycles. The van der Waals surface area contributed by atoms with Crippen LogP contribution in [-0.2, 0) is 17.6 Å². The average molecular weight is 406 g/mol. The number of carbonyl (C=O) groups excluding carboxylic acids is 1. The second-order valence-corrected chi connectivity index (χ2v) is 7.12. The molecule has 1 aromatic heterocycles. The summed E-state index contributed by atoms with van der Waals surface area (Å²) in [7, 11) is 0. The first kappa shape index (κ1) is 19.0. The summed E-state index contributed by atoms with van der Waals surface area (Å²) in [5, 5.41) is 3.46. The Kier molecular flexibility index (Phi) is 5.77. The van der Waals surface area contributed by atoms with Crippen LogP contribution in [0.4, 0.5) is 5.69 Å². The minimum Gasteiger partial charge on any atom is -0.484 e. The van der Waals surface area contributed by atoms with Crippen molar-refractivity contribution in [1.29, 1.82) is 0 Å². The Morgan fingerprint density at radius 2 is 1.72 bits per heavy atom. The fraction of sp³-hybridized carbons (Fsp3) is 0.130. The number of hydrogen-bond donors (Lipinski definition) is 2. The first-order valence-electron chi connectivity index (χ1n) is 9.36. The zero-order valence-corrected chi connectivity index (χ0v) is 16.4. The Balaban J connectivity index is 1.27. The van der Waals surface area contributed by atoms with E-state index in [1.165, 1.54) is 5.56 Å². The van der Waals surface area contributed by atoms with E-state index in [4.69, 9.17) is 16.3 Å². The van der Waals surface area contributed by atoms with Gasteiger partial charge in [-0.2, -0.15) is 0 Å². The molecule has 0 unspecified atom stereocenters. The summed E-state index contributed by atoms with van der Waals surface area (Å²) in [6.45, 7) is -0.0601. The molecule has 0 bridgehead atoms. The van der Waals surface area contributed by atoms with Crippen molar-refractivity contribution in [2.24, 2.45) is 0 Å². The van der Waals surface area contributed by atoms with Crippen LogP contribution in [0.1, 0.15) is 11.4 Å². The number of aromatic amines is 1. The fourth-order valence-corrected chi connectivity index (χ4v) is 3.14. The Bertz CT molecular complexity index is 1070. The molecule has 1 amide bonds. The van der Waals surface area contributed by atoms with Gasteiger partial charge in [-0.25, -0.2) is 4.98 Å². The van der Waals surface area contributed by atoms with Crippen LogP contribution in [-0.4, -0.2) is 22.5 Å². The second kappa shape index (κ2) is 8.80. The standard InChI is InChI=1S/C23H20ClN3O2/c24-17-8-12-19(13-9-17)29-15-23(28)25-18-10-5-16(6-11-18)7-14-22-26-20-3-1-2-4-21(20)27-22/h1-6,8-13H,7,14-15H2,(H,25,28)(H,26,27). The van der Waals surface area contributed by atoms with Gasteiger partial charge in [-0.3, -0.25) is 4.79 Å². The minimum atomic E-state index is -0.213. The van der Waals surface area contributed by atoms with Crippen molar-refractivity contribution in [3.63, 3.8) is 0 Å². The number of amides is 1. The summed E-state index contributed by atoms with van der Waals surface area (Å²) < 4.78 is 5.45. The van der Waals surface area contributed by atoms with Crippen molar-refractivity contribution in [2.75, 3.05) is 11.9 Å². The van der Waals surface area contributed by atoms with Gasteiger partial charge in [0.1, 0.15) is 11.6 Å². The van der Waals surface area contributed by atoms with Gasteiger partial charge in [0, 0.05) is 17.1 Å². The minimum absolute atomic E-state index is 0.0601. The van der Waals surface area contributed by atoms with E-state index in [2.05, 4.69) is 15.3 Å². The number of nitrogens with one attached hydrogen (secondary N) is 2. The van der Waals surface area contributed by atoms with Gasteiger partial charge in [-0.1, -0.05) is 35.9 Å². The van der Waals surface area contributed by atoms with Crippen molar-refractivity contribution < 1.29 is 9.53 Å². The number of para-hydroxylation sites is 2. The Morgan fingerprint density at radius 3 is 2.48 bits per heavy atom. The number of imidazole rings is 1. The molecule has 3 aromatic carbocycles. The Hall–Kier alpha value is -3.31. The highest BCUT2D eigenvalue weighted by atomic mass is 35.5. The lowest BCUT2D eigenvalue weighted by Gasteiger charge is -2.08. The van der Waals surface area contributed by atoms with Gasteiger partial charge in [0.25, 0.3) is 5.91 Å². The van der Waals surface area contributed by atoms with Crippen molar-refractivity contribution in [1.82, 2.24) is 9.97 Å². The molecule has 0 spiro atoms. The van der Waals surface area contributed by atoms with E-state index >= 15 is 0 Å². The largest absolute Gasteiger partial charge is 0.484 e. The van der Waals surface area contributed by atoms with Gasteiger partial charge >= 0.3 is 0 Å². The first-order valence-corrected chi connectivity index (χ1v) is 9.74. The van der Waals surface area contributed by atoms with Crippen molar-refractivity contribution >= 4 is 34.2 Å². The zero-order chi connectivity index (χ0) is 20.1. The van der Waals surface area contributed by atoms with Gasteiger partial charge in [-0.15, -0.1) is 0 Å². The maximum absolute atomic E-state index is 12.1. The van der Waals surface area contributed by atoms with E-state index in [9.17, 15) is 4.79 Å². The average Bonchev–Trinajstić information content (AvgIpc) is 3.16. The van der Waals surface area contributed by atoms with Crippen LogP contribution >= 0.6 is 11.6 Å². The Labute approximate surface area is 173 Å². The first-order chi connectivity index (χ1) is 14.2. The number of nitrogens with zero attached hydrogens (tertiary/aromatic N) is 1. The van der Waals surface area contributed by atoms with Crippen LogP contribution in [0, 0.1) is 0 Å². The summed E-state index contributed by atoms with van der Waals surface area (Å²) in [5.74, 6) is 1.36. The van der Waals surface area contributed by atoms with Gasteiger partial charge < -0.3 is 15.0 Å². The number of H-pyrrole nitrogens is 1. The molecule has 0 aliphatic carbocycles. The lowest BCUT2D eigenvalue weighted by Crippen LogP contribution is -2.20. The van der Waals surface area contributed by atoms with E-state index in [1.807, 2.05) is 48.5 Å². The number of halogens is 1.